The molecule has 1 aromatic carbocycles. The number of halogens is 1. The molecule has 0 aromatic heterocycles. The van der Waals surface area contributed by atoms with E-state index in [0.29, 0.717) is 0 Å². The number of para-hydroxylation sites is 1. The van der Waals surface area contributed by atoms with Gasteiger partial charge in [0, 0.05) is 12.8 Å². The van der Waals surface area contributed by atoms with Crippen molar-refractivity contribution in [3.63, 3.8) is 0 Å². The van der Waals surface area contributed by atoms with Crippen molar-refractivity contribution in [3.05, 3.63) is 30.1 Å². The minimum atomic E-state index is -0.700. The predicted octanol–water partition coefficient (Wildman–Crippen LogP) is 0.152. The number of benzene rings is 1. The maximum absolute atomic E-state index is 13.3. The van der Waals surface area contributed by atoms with Crippen LogP contribution in [-0.4, -0.2) is 31.6 Å². The molecule has 1 aromatic rings. The van der Waals surface area contributed by atoms with E-state index in [-0.39, 0.29) is 18.1 Å². The van der Waals surface area contributed by atoms with Gasteiger partial charge in [-0.3, -0.25) is 10.1 Å². The molecule has 2 rings (SSSR count). The molecular weight excluding hydrogens is 249 g/mol. The van der Waals surface area contributed by atoms with Gasteiger partial charge in [0.15, 0.2) is 6.54 Å². The molecular formula is C13H17FN3O2+. The average Bonchev–Trinajstić information content (AvgIpc) is 2.84. The van der Waals surface area contributed by atoms with Gasteiger partial charge in [0.25, 0.3) is 5.91 Å². The Morgan fingerprint density at radius 1 is 1.21 bits per heavy atom. The highest BCUT2D eigenvalue weighted by atomic mass is 19.1. The second-order valence-electron chi connectivity index (χ2n) is 4.62. The fourth-order valence-electron chi connectivity index (χ4n) is 2.17. The number of rotatable bonds is 3. The Labute approximate surface area is 110 Å². The van der Waals surface area contributed by atoms with Gasteiger partial charge in [0.05, 0.1) is 18.8 Å². The number of anilines is 1. The molecule has 0 unspecified atom stereocenters. The molecule has 6 heteroatoms. The van der Waals surface area contributed by atoms with E-state index in [0.717, 1.165) is 25.9 Å². The number of carbonyl (C=O) groups is 2. The first-order valence-corrected chi connectivity index (χ1v) is 6.34. The van der Waals surface area contributed by atoms with Gasteiger partial charge < -0.3 is 10.2 Å². The largest absolute Gasteiger partial charge is 0.327 e. The highest BCUT2D eigenvalue weighted by molar-refractivity contribution is 6.01. The third-order valence-corrected chi connectivity index (χ3v) is 3.10. The Kier molecular flexibility index (Phi) is 4.46. The molecule has 1 fully saturated rings. The molecule has 102 valence electrons. The van der Waals surface area contributed by atoms with E-state index in [1.165, 1.54) is 23.1 Å². The van der Waals surface area contributed by atoms with Crippen LogP contribution in [0, 0.1) is 5.82 Å². The Bertz CT molecular complexity index is 473. The minimum absolute atomic E-state index is 0.0568. The smallest absolute Gasteiger partial charge is 0.326 e. The molecule has 1 saturated heterocycles. The number of hydrogen-bond acceptors (Lipinski definition) is 2. The number of carbonyl (C=O) groups excluding carboxylic acids is 2. The van der Waals surface area contributed by atoms with Gasteiger partial charge in [-0.25, -0.2) is 9.18 Å². The van der Waals surface area contributed by atoms with E-state index < -0.39 is 11.8 Å². The van der Waals surface area contributed by atoms with E-state index in [1.54, 1.807) is 6.07 Å². The van der Waals surface area contributed by atoms with Crippen molar-refractivity contribution in [1.29, 1.82) is 0 Å². The molecule has 0 bridgehead atoms. The Balaban J connectivity index is 1.80. The summed E-state index contributed by atoms with van der Waals surface area (Å²) in [6.45, 7) is 2.20. The lowest BCUT2D eigenvalue weighted by molar-refractivity contribution is -0.879. The normalized spacial score (nSPS) is 15.2. The van der Waals surface area contributed by atoms with Crippen LogP contribution in [0.4, 0.5) is 14.9 Å². The molecule has 1 aliphatic rings. The number of hydrogen-bond donors (Lipinski definition) is 3. The second kappa shape index (κ2) is 6.29. The number of amides is 3. The van der Waals surface area contributed by atoms with Gasteiger partial charge in [0.1, 0.15) is 5.82 Å². The van der Waals surface area contributed by atoms with Gasteiger partial charge in [-0.2, -0.15) is 0 Å². The number of likely N-dealkylation sites (tertiary alicyclic amines) is 1. The van der Waals surface area contributed by atoms with Crippen LogP contribution in [-0.2, 0) is 4.79 Å². The van der Waals surface area contributed by atoms with Crippen LogP contribution in [0.15, 0.2) is 24.3 Å². The molecule has 5 nitrogen and oxygen atoms in total. The van der Waals surface area contributed by atoms with Crippen LogP contribution in [0.1, 0.15) is 12.8 Å². The van der Waals surface area contributed by atoms with Crippen LogP contribution < -0.4 is 15.5 Å². The molecule has 1 heterocycles. The summed E-state index contributed by atoms with van der Waals surface area (Å²) in [5, 5.41) is 4.52. The summed E-state index contributed by atoms with van der Waals surface area (Å²) in [5.74, 6) is -0.874. The summed E-state index contributed by atoms with van der Waals surface area (Å²) in [6.07, 6.45) is 2.23. The predicted molar refractivity (Wildman–Crippen MR) is 68.4 cm³/mol. The molecule has 1 aliphatic heterocycles. The van der Waals surface area contributed by atoms with E-state index in [1.807, 2.05) is 0 Å². The van der Waals surface area contributed by atoms with E-state index in [4.69, 9.17) is 0 Å². The first-order valence-electron chi connectivity index (χ1n) is 6.34. The van der Waals surface area contributed by atoms with Crippen molar-refractivity contribution in [2.45, 2.75) is 12.8 Å². The summed E-state index contributed by atoms with van der Waals surface area (Å²) in [5.41, 5.74) is 0.0568. The van der Waals surface area contributed by atoms with Crippen LogP contribution >= 0.6 is 0 Å². The zero-order chi connectivity index (χ0) is 13.7. The summed E-state index contributed by atoms with van der Waals surface area (Å²) >= 11 is 0. The topological polar surface area (TPSA) is 62.6 Å². The van der Waals surface area contributed by atoms with Gasteiger partial charge in [-0.05, 0) is 12.1 Å². The standard InChI is InChI=1S/C13H16FN3O2/c14-10-5-1-2-6-11(10)15-13(19)16-12(18)9-17-7-3-4-8-17/h1-2,5-6H,3-4,7-9H2,(H2,15,16,18,19)/p+1. The first kappa shape index (κ1) is 13.5. The number of urea groups is 1. The summed E-state index contributed by atoms with van der Waals surface area (Å²) in [6, 6.07) is 5.11. The fourth-order valence-corrected chi connectivity index (χ4v) is 2.17. The molecule has 0 atom stereocenters. The van der Waals surface area contributed by atoms with Gasteiger partial charge in [-0.1, -0.05) is 12.1 Å². The zero-order valence-electron chi connectivity index (χ0n) is 10.5. The SMILES string of the molecule is O=C(C[NH+]1CCCC1)NC(=O)Nc1ccccc1F. The molecule has 3 N–H and O–H groups in total. The first-order chi connectivity index (χ1) is 9.15. The van der Waals surface area contributed by atoms with Crippen LogP contribution in [0.2, 0.25) is 0 Å². The van der Waals surface area contributed by atoms with E-state index in [2.05, 4.69) is 10.6 Å². The molecule has 3 amide bonds. The quantitative estimate of drug-likeness (QED) is 0.729. The third-order valence-electron chi connectivity index (χ3n) is 3.10. The molecule has 19 heavy (non-hydrogen) atoms. The fraction of sp³-hybridized carbons (Fsp3) is 0.385. The summed E-state index contributed by atoms with van der Waals surface area (Å²) < 4.78 is 13.3. The number of imide groups is 1. The summed E-state index contributed by atoms with van der Waals surface area (Å²) in [7, 11) is 0. The Morgan fingerprint density at radius 2 is 1.89 bits per heavy atom. The molecule has 0 spiro atoms. The van der Waals surface area contributed by atoms with E-state index in [9.17, 15) is 14.0 Å². The van der Waals surface area contributed by atoms with Gasteiger partial charge >= 0.3 is 6.03 Å². The monoisotopic (exact) mass is 266 g/mol. The van der Waals surface area contributed by atoms with Crippen molar-refractivity contribution in [3.8, 4) is 0 Å². The minimum Gasteiger partial charge on any atom is -0.327 e. The van der Waals surface area contributed by atoms with Crippen molar-refractivity contribution in [1.82, 2.24) is 5.32 Å². The Morgan fingerprint density at radius 3 is 2.58 bits per heavy atom. The van der Waals surface area contributed by atoms with E-state index >= 15 is 0 Å². The van der Waals surface area contributed by atoms with Gasteiger partial charge in [-0.15, -0.1) is 0 Å². The van der Waals surface area contributed by atoms with Crippen LogP contribution in [0.3, 0.4) is 0 Å². The highest BCUT2D eigenvalue weighted by Gasteiger charge is 2.20. The molecule has 0 saturated carbocycles. The average molecular weight is 266 g/mol. The zero-order valence-corrected chi connectivity index (χ0v) is 10.5. The lowest BCUT2D eigenvalue weighted by atomic mass is 10.3. The second-order valence-corrected chi connectivity index (χ2v) is 4.62. The molecule has 0 aliphatic carbocycles. The summed E-state index contributed by atoms with van der Waals surface area (Å²) in [4.78, 5) is 24.3. The van der Waals surface area contributed by atoms with Crippen LogP contribution in [0.25, 0.3) is 0 Å². The lowest BCUT2D eigenvalue weighted by Gasteiger charge is -2.11. The van der Waals surface area contributed by atoms with Crippen molar-refractivity contribution >= 4 is 17.6 Å². The van der Waals surface area contributed by atoms with Crippen molar-refractivity contribution in [2.75, 3.05) is 25.0 Å². The Hall–Kier alpha value is -1.95. The number of quaternary nitrogens is 1. The third kappa shape index (κ3) is 4.03. The van der Waals surface area contributed by atoms with Crippen molar-refractivity contribution in [2.24, 2.45) is 0 Å². The molecule has 0 radical (unpaired) electrons. The number of nitrogens with one attached hydrogen (secondary N) is 3. The van der Waals surface area contributed by atoms with Crippen LogP contribution in [0.5, 0.6) is 0 Å². The van der Waals surface area contributed by atoms with Crippen molar-refractivity contribution < 1.29 is 18.9 Å². The highest BCUT2D eigenvalue weighted by Crippen LogP contribution is 2.11. The lowest BCUT2D eigenvalue weighted by Crippen LogP contribution is -3.11. The van der Waals surface area contributed by atoms with Gasteiger partial charge in [0.2, 0.25) is 0 Å². The maximum atomic E-state index is 13.3. The maximum Gasteiger partial charge on any atom is 0.326 e.